The van der Waals surface area contributed by atoms with Gasteiger partial charge in [-0.05, 0) is 68.3 Å². The first-order chi connectivity index (χ1) is 10.5. The number of carbonyl (C=O) groups excluding carboxylic acids is 1. The molecule has 0 amide bonds. The molecule has 5 nitrogen and oxygen atoms in total. The number of rotatable bonds is 4. The van der Waals surface area contributed by atoms with Gasteiger partial charge in [0, 0.05) is 0 Å². The zero-order valence-electron chi connectivity index (χ0n) is 12.8. The Kier molecular flexibility index (Phi) is 4.88. The molecule has 2 rings (SSSR count). The van der Waals surface area contributed by atoms with E-state index in [1.54, 1.807) is 43.3 Å². The van der Waals surface area contributed by atoms with Gasteiger partial charge in [-0.2, -0.15) is 10.2 Å². The molecule has 1 N–H and O–H groups in total. The van der Waals surface area contributed by atoms with Gasteiger partial charge >= 0.3 is 5.97 Å². The van der Waals surface area contributed by atoms with Gasteiger partial charge in [-0.3, -0.25) is 0 Å². The molecule has 0 aliphatic rings. The number of phenolic OH excluding ortho intramolecular Hbond substituents is 1. The number of carbonyl (C=O) groups is 1. The third-order valence-electron chi connectivity index (χ3n) is 3.38. The standard InChI is InChI=1S/C17H18N2O3/c1-4-22-17(21)13-5-7-14(8-6-13)18-19-15-9-10-16(20)12(3)11(15)2/h5-10,20H,4H2,1-3H3. The SMILES string of the molecule is CCOC(=O)c1ccc(N=Nc2ccc(O)c(C)c2C)cc1. The van der Waals surface area contributed by atoms with E-state index in [1.807, 2.05) is 13.8 Å². The number of ether oxygens (including phenoxy) is 1. The highest BCUT2D eigenvalue weighted by Crippen LogP contribution is 2.29. The van der Waals surface area contributed by atoms with E-state index in [-0.39, 0.29) is 11.7 Å². The van der Waals surface area contributed by atoms with E-state index < -0.39 is 0 Å². The van der Waals surface area contributed by atoms with Crippen LogP contribution in [-0.2, 0) is 4.74 Å². The van der Waals surface area contributed by atoms with Crippen molar-refractivity contribution in [1.29, 1.82) is 0 Å². The zero-order valence-corrected chi connectivity index (χ0v) is 12.8. The van der Waals surface area contributed by atoms with Crippen LogP contribution in [0.3, 0.4) is 0 Å². The van der Waals surface area contributed by atoms with E-state index in [4.69, 9.17) is 4.74 Å². The molecule has 2 aromatic rings. The van der Waals surface area contributed by atoms with Crippen molar-refractivity contribution in [2.24, 2.45) is 10.2 Å². The Morgan fingerprint density at radius 3 is 2.36 bits per heavy atom. The average molecular weight is 298 g/mol. The van der Waals surface area contributed by atoms with Gasteiger partial charge in [-0.1, -0.05) is 0 Å². The lowest BCUT2D eigenvalue weighted by atomic mass is 10.1. The van der Waals surface area contributed by atoms with Crippen LogP contribution < -0.4 is 0 Å². The number of hydrogen-bond acceptors (Lipinski definition) is 5. The molecule has 5 heteroatoms. The highest BCUT2D eigenvalue weighted by molar-refractivity contribution is 5.89. The van der Waals surface area contributed by atoms with Crippen LogP contribution in [0.1, 0.15) is 28.4 Å². The summed E-state index contributed by atoms with van der Waals surface area (Å²) < 4.78 is 4.92. The van der Waals surface area contributed by atoms with Crippen LogP contribution in [0.25, 0.3) is 0 Å². The van der Waals surface area contributed by atoms with E-state index in [2.05, 4.69) is 10.2 Å². The van der Waals surface area contributed by atoms with E-state index >= 15 is 0 Å². The van der Waals surface area contributed by atoms with Crippen molar-refractivity contribution in [1.82, 2.24) is 0 Å². The molecule has 0 spiro atoms. The van der Waals surface area contributed by atoms with Gasteiger partial charge in [0.1, 0.15) is 5.75 Å². The molecule has 0 atom stereocenters. The molecule has 0 radical (unpaired) electrons. The number of aromatic hydroxyl groups is 1. The molecule has 0 aliphatic heterocycles. The topological polar surface area (TPSA) is 71.2 Å². The summed E-state index contributed by atoms with van der Waals surface area (Å²) in [5.41, 5.74) is 3.49. The fourth-order valence-corrected chi connectivity index (χ4v) is 1.89. The third-order valence-corrected chi connectivity index (χ3v) is 3.38. The molecule has 0 saturated heterocycles. The molecule has 0 aromatic heterocycles. The molecule has 0 aliphatic carbocycles. The van der Waals surface area contributed by atoms with Gasteiger partial charge in [-0.15, -0.1) is 0 Å². The molecule has 22 heavy (non-hydrogen) atoms. The van der Waals surface area contributed by atoms with Crippen molar-refractivity contribution in [2.45, 2.75) is 20.8 Å². The van der Waals surface area contributed by atoms with Gasteiger partial charge < -0.3 is 9.84 Å². The lowest BCUT2D eigenvalue weighted by Gasteiger charge is -2.05. The summed E-state index contributed by atoms with van der Waals surface area (Å²) in [6.07, 6.45) is 0. The number of azo groups is 1. The summed E-state index contributed by atoms with van der Waals surface area (Å²) in [7, 11) is 0. The first-order valence-corrected chi connectivity index (χ1v) is 7.01. The van der Waals surface area contributed by atoms with Crippen molar-refractivity contribution in [3.63, 3.8) is 0 Å². The van der Waals surface area contributed by atoms with Crippen LogP contribution in [0.5, 0.6) is 5.75 Å². The van der Waals surface area contributed by atoms with Crippen molar-refractivity contribution in [2.75, 3.05) is 6.61 Å². The predicted octanol–water partition coefficient (Wildman–Crippen LogP) is 4.60. The van der Waals surface area contributed by atoms with Gasteiger partial charge in [0.25, 0.3) is 0 Å². The number of esters is 1. The molecule has 114 valence electrons. The predicted molar refractivity (Wildman–Crippen MR) is 84.2 cm³/mol. The van der Waals surface area contributed by atoms with E-state index in [9.17, 15) is 9.90 Å². The lowest BCUT2D eigenvalue weighted by Crippen LogP contribution is -2.03. The Morgan fingerprint density at radius 1 is 1.05 bits per heavy atom. The summed E-state index contributed by atoms with van der Waals surface area (Å²) in [4.78, 5) is 11.5. The third kappa shape index (κ3) is 3.49. The quantitative estimate of drug-likeness (QED) is 0.662. The summed E-state index contributed by atoms with van der Waals surface area (Å²) in [5.74, 6) is -0.105. The Bertz CT molecular complexity index is 707. The highest BCUT2D eigenvalue weighted by Gasteiger charge is 2.06. The molecular weight excluding hydrogens is 280 g/mol. The first kappa shape index (κ1) is 15.7. The maximum atomic E-state index is 11.5. The Morgan fingerprint density at radius 2 is 1.73 bits per heavy atom. The average Bonchev–Trinajstić information content (AvgIpc) is 2.53. The zero-order chi connectivity index (χ0) is 16.1. The number of nitrogens with zero attached hydrogens (tertiary/aromatic N) is 2. The minimum Gasteiger partial charge on any atom is -0.508 e. The fourth-order valence-electron chi connectivity index (χ4n) is 1.89. The van der Waals surface area contributed by atoms with Crippen molar-refractivity contribution >= 4 is 17.3 Å². The molecular formula is C17H18N2O3. The van der Waals surface area contributed by atoms with Crippen molar-refractivity contribution in [3.05, 3.63) is 53.1 Å². The van der Waals surface area contributed by atoms with Crippen molar-refractivity contribution in [3.8, 4) is 5.75 Å². The van der Waals surface area contributed by atoms with Gasteiger partial charge in [0.2, 0.25) is 0 Å². The van der Waals surface area contributed by atoms with Crippen LogP contribution in [0.4, 0.5) is 11.4 Å². The molecule has 0 bridgehead atoms. The second kappa shape index (κ2) is 6.85. The Balaban J connectivity index is 2.17. The molecule has 2 aromatic carbocycles. The molecule has 0 unspecified atom stereocenters. The Hall–Kier alpha value is -2.69. The van der Waals surface area contributed by atoms with Gasteiger partial charge in [0.05, 0.1) is 23.5 Å². The van der Waals surface area contributed by atoms with Gasteiger partial charge in [0.15, 0.2) is 0 Å². The summed E-state index contributed by atoms with van der Waals surface area (Å²) in [6, 6.07) is 10.0. The van der Waals surface area contributed by atoms with Crippen LogP contribution in [-0.4, -0.2) is 17.7 Å². The molecule has 0 saturated carbocycles. The molecule has 0 fully saturated rings. The van der Waals surface area contributed by atoms with E-state index in [0.717, 1.165) is 11.1 Å². The summed E-state index contributed by atoms with van der Waals surface area (Å²) >= 11 is 0. The normalized spacial score (nSPS) is 10.9. The smallest absolute Gasteiger partial charge is 0.338 e. The van der Waals surface area contributed by atoms with Crippen molar-refractivity contribution < 1.29 is 14.6 Å². The maximum Gasteiger partial charge on any atom is 0.338 e. The Labute approximate surface area is 129 Å². The van der Waals surface area contributed by atoms with E-state index in [1.165, 1.54) is 0 Å². The summed E-state index contributed by atoms with van der Waals surface area (Å²) in [6.45, 7) is 5.83. The molecule has 0 heterocycles. The summed E-state index contributed by atoms with van der Waals surface area (Å²) in [5, 5.41) is 18.0. The first-order valence-electron chi connectivity index (χ1n) is 7.01. The van der Waals surface area contributed by atoms with E-state index in [0.29, 0.717) is 23.5 Å². The highest BCUT2D eigenvalue weighted by atomic mass is 16.5. The van der Waals surface area contributed by atoms with Crippen LogP contribution in [0, 0.1) is 13.8 Å². The fraction of sp³-hybridized carbons (Fsp3) is 0.235. The second-order valence-corrected chi connectivity index (χ2v) is 4.82. The number of phenols is 1. The van der Waals surface area contributed by atoms with Gasteiger partial charge in [-0.25, -0.2) is 4.79 Å². The second-order valence-electron chi connectivity index (χ2n) is 4.82. The number of benzene rings is 2. The minimum atomic E-state index is -0.351. The maximum absolute atomic E-state index is 11.5. The monoisotopic (exact) mass is 298 g/mol. The van der Waals surface area contributed by atoms with Crippen LogP contribution >= 0.6 is 0 Å². The van der Waals surface area contributed by atoms with Crippen LogP contribution in [0.2, 0.25) is 0 Å². The van der Waals surface area contributed by atoms with Crippen LogP contribution in [0.15, 0.2) is 46.6 Å². The lowest BCUT2D eigenvalue weighted by molar-refractivity contribution is 0.0526. The number of hydrogen-bond donors (Lipinski definition) is 1. The minimum absolute atomic E-state index is 0.246. The largest absolute Gasteiger partial charge is 0.508 e.